The van der Waals surface area contributed by atoms with Gasteiger partial charge in [-0.3, -0.25) is 4.90 Å². The van der Waals surface area contributed by atoms with Crippen LogP contribution in [0.15, 0.2) is 28.8 Å². The lowest BCUT2D eigenvalue weighted by molar-refractivity contribution is 0.0145. The summed E-state index contributed by atoms with van der Waals surface area (Å²) in [5, 5.41) is 14.1. The van der Waals surface area contributed by atoms with Gasteiger partial charge >= 0.3 is 0 Å². The van der Waals surface area contributed by atoms with E-state index in [0.29, 0.717) is 24.0 Å². The Bertz CT molecular complexity index is 662. The van der Waals surface area contributed by atoms with Gasteiger partial charge in [-0.1, -0.05) is 18.5 Å². The van der Waals surface area contributed by atoms with E-state index in [1.54, 1.807) is 12.1 Å². The highest BCUT2D eigenvalue weighted by Crippen LogP contribution is 2.23. The third-order valence-electron chi connectivity index (χ3n) is 4.56. The number of likely N-dealkylation sites (tertiary alicyclic amines) is 1. The van der Waals surface area contributed by atoms with E-state index in [1.165, 1.54) is 12.1 Å². The summed E-state index contributed by atoms with van der Waals surface area (Å²) in [6.45, 7) is 3.61. The number of nitrogens with zero attached hydrogens (tertiary/aromatic N) is 3. The first-order chi connectivity index (χ1) is 12.2. The number of hydrogen-bond acceptors (Lipinski definition) is 6. The smallest absolute Gasteiger partial charge is 0.240 e. The van der Waals surface area contributed by atoms with Crippen LogP contribution in [0.1, 0.15) is 44.3 Å². The van der Waals surface area contributed by atoms with Crippen molar-refractivity contribution in [2.24, 2.45) is 0 Å². The molecule has 1 fully saturated rings. The zero-order valence-corrected chi connectivity index (χ0v) is 14.4. The first-order valence-electron chi connectivity index (χ1n) is 8.77. The van der Waals surface area contributed by atoms with Gasteiger partial charge in [0.1, 0.15) is 11.6 Å². The molecule has 3 rings (SSSR count). The zero-order chi connectivity index (χ0) is 17.6. The number of aliphatic hydroxyl groups excluding tert-OH is 1. The Labute approximate surface area is 146 Å². The number of aliphatic hydroxyl groups is 1. The van der Waals surface area contributed by atoms with Gasteiger partial charge < -0.3 is 14.4 Å². The predicted molar refractivity (Wildman–Crippen MR) is 89.4 cm³/mol. The van der Waals surface area contributed by atoms with E-state index < -0.39 is 0 Å². The van der Waals surface area contributed by atoms with Crippen molar-refractivity contribution in [1.82, 2.24) is 15.0 Å². The van der Waals surface area contributed by atoms with Crippen LogP contribution >= 0.6 is 0 Å². The van der Waals surface area contributed by atoms with Gasteiger partial charge in [-0.2, -0.15) is 4.98 Å². The van der Waals surface area contributed by atoms with Gasteiger partial charge in [0.05, 0.1) is 12.6 Å². The summed E-state index contributed by atoms with van der Waals surface area (Å²) in [6.07, 6.45) is 3.65. The van der Waals surface area contributed by atoms with Crippen LogP contribution in [0.2, 0.25) is 0 Å². The molecular formula is C18H24FN3O3. The third-order valence-corrected chi connectivity index (χ3v) is 4.56. The van der Waals surface area contributed by atoms with E-state index in [1.807, 2.05) is 6.92 Å². The summed E-state index contributed by atoms with van der Waals surface area (Å²) in [7, 11) is 0. The normalized spacial score (nSPS) is 19.7. The van der Waals surface area contributed by atoms with Gasteiger partial charge in [0.15, 0.2) is 6.61 Å². The number of piperidine rings is 1. The molecule has 2 atom stereocenters. The summed E-state index contributed by atoms with van der Waals surface area (Å²) in [5.41, 5.74) is 0. The fraction of sp³-hybridized carbons (Fsp3) is 0.556. The number of aromatic nitrogens is 2. The van der Waals surface area contributed by atoms with E-state index in [0.717, 1.165) is 32.2 Å². The summed E-state index contributed by atoms with van der Waals surface area (Å²) >= 11 is 0. The highest BCUT2D eigenvalue weighted by atomic mass is 19.1. The maximum atomic E-state index is 12.9. The molecule has 6 nitrogen and oxygen atoms in total. The number of rotatable bonds is 7. The molecule has 136 valence electrons. The molecule has 1 aromatic heterocycles. The van der Waals surface area contributed by atoms with Crippen molar-refractivity contribution >= 4 is 0 Å². The van der Waals surface area contributed by atoms with E-state index in [4.69, 9.17) is 9.26 Å². The topological polar surface area (TPSA) is 71.6 Å². The minimum atomic E-state index is -0.329. The average molecular weight is 349 g/mol. The van der Waals surface area contributed by atoms with Gasteiger partial charge in [-0.05, 0) is 50.1 Å². The Balaban J connectivity index is 1.56. The minimum absolute atomic E-state index is 0.143. The summed E-state index contributed by atoms with van der Waals surface area (Å²) in [5.74, 6) is 1.21. The Kier molecular flexibility index (Phi) is 5.99. The van der Waals surface area contributed by atoms with Crippen molar-refractivity contribution < 1.29 is 18.8 Å². The summed E-state index contributed by atoms with van der Waals surface area (Å²) in [6, 6.07) is 5.94. The van der Waals surface area contributed by atoms with Crippen molar-refractivity contribution in [2.75, 3.05) is 6.54 Å². The second-order valence-electron chi connectivity index (χ2n) is 6.36. The molecule has 25 heavy (non-hydrogen) atoms. The number of ether oxygens (including phenoxy) is 1. The first kappa shape index (κ1) is 17.8. The van der Waals surface area contributed by atoms with Gasteiger partial charge in [0.2, 0.25) is 11.7 Å². The highest BCUT2D eigenvalue weighted by Gasteiger charge is 2.29. The maximum Gasteiger partial charge on any atom is 0.240 e. The van der Waals surface area contributed by atoms with Crippen LogP contribution < -0.4 is 4.74 Å². The molecule has 1 saturated heterocycles. The summed E-state index contributed by atoms with van der Waals surface area (Å²) < 4.78 is 23.7. The van der Waals surface area contributed by atoms with E-state index in [9.17, 15) is 9.50 Å². The molecule has 0 radical (unpaired) electrons. The van der Waals surface area contributed by atoms with Crippen LogP contribution in [0.3, 0.4) is 0 Å². The minimum Gasteiger partial charge on any atom is -0.485 e. The molecule has 1 aliphatic heterocycles. The average Bonchev–Trinajstić information content (AvgIpc) is 3.08. The Morgan fingerprint density at radius 2 is 2.16 bits per heavy atom. The molecule has 0 saturated carbocycles. The maximum absolute atomic E-state index is 12.9. The Morgan fingerprint density at radius 1 is 1.36 bits per heavy atom. The SMILES string of the molecule is CCC(O)C1CCCCN1Cc1nc(COc2ccc(F)cc2)no1. The number of hydrogen-bond donors (Lipinski definition) is 1. The molecule has 1 aliphatic rings. The van der Waals surface area contributed by atoms with Crippen LogP contribution in [0.4, 0.5) is 4.39 Å². The highest BCUT2D eigenvalue weighted by molar-refractivity contribution is 5.22. The fourth-order valence-electron chi connectivity index (χ4n) is 3.19. The molecule has 1 N–H and O–H groups in total. The lowest BCUT2D eigenvalue weighted by atomic mass is 9.96. The van der Waals surface area contributed by atoms with Crippen molar-refractivity contribution in [1.29, 1.82) is 0 Å². The van der Waals surface area contributed by atoms with Crippen molar-refractivity contribution in [3.63, 3.8) is 0 Å². The molecule has 0 spiro atoms. The Hall–Kier alpha value is -1.99. The number of halogens is 1. The number of benzene rings is 1. The molecule has 7 heteroatoms. The van der Waals surface area contributed by atoms with E-state index in [-0.39, 0.29) is 24.6 Å². The predicted octanol–water partition coefficient (Wildman–Crippen LogP) is 2.91. The second-order valence-corrected chi connectivity index (χ2v) is 6.36. The standard InChI is InChI=1S/C18H24FN3O3/c1-2-16(23)15-5-3-4-10-22(15)11-18-20-17(21-25-18)12-24-14-8-6-13(19)7-9-14/h6-9,15-16,23H,2-5,10-12H2,1H3. The molecule has 2 heterocycles. The monoisotopic (exact) mass is 349 g/mol. The van der Waals surface area contributed by atoms with Crippen molar-refractivity contribution in [3.8, 4) is 5.75 Å². The molecule has 0 bridgehead atoms. The van der Waals surface area contributed by atoms with Gasteiger partial charge in [-0.25, -0.2) is 4.39 Å². The molecule has 2 aromatic rings. The van der Waals surface area contributed by atoms with Crippen LogP contribution in [0.5, 0.6) is 5.75 Å². The molecular weight excluding hydrogens is 325 g/mol. The molecule has 0 amide bonds. The van der Waals surface area contributed by atoms with E-state index >= 15 is 0 Å². The second kappa shape index (κ2) is 8.40. The van der Waals surface area contributed by atoms with Crippen LogP contribution in [-0.2, 0) is 13.2 Å². The Morgan fingerprint density at radius 3 is 2.92 bits per heavy atom. The zero-order valence-electron chi connectivity index (χ0n) is 14.4. The molecule has 2 unspecified atom stereocenters. The van der Waals surface area contributed by atoms with Crippen LogP contribution in [-0.4, -0.2) is 38.8 Å². The largest absolute Gasteiger partial charge is 0.485 e. The van der Waals surface area contributed by atoms with Gasteiger partial charge in [0.25, 0.3) is 0 Å². The third kappa shape index (κ3) is 4.76. The van der Waals surface area contributed by atoms with Gasteiger partial charge in [0, 0.05) is 6.04 Å². The van der Waals surface area contributed by atoms with Gasteiger partial charge in [-0.15, -0.1) is 0 Å². The first-order valence-corrected chi connectivity index (χ1v) is 8.77. The quantitative estimate of drug-likeness (QED) is 0.829. The lowest BCUT2D eigenvalue weighted by Gasteiger charge is -2.37. The van der Waals surface area contributed by atoms with Crippen molar-refractivity contribution in [3.05, 3.63) is 41.8 Å². The lowest BCUT2D eigenvalue weighted by Crippen LogP contribution is -2.46. The fourth-order valence-corrected chi connectivity index (χ4v) is 3.19. The molecule has 1 aromatic carbocycles. The molecule has 0 aliphatic carbocycles. The van der Waals surface area contributed by atoms with Crippen molar-refractivity contribution in [2.45, 2.75) is 57.9 Å². The van der Waals surface area contributed by atoms with Crippen LogP contribution in [0.25, 0.3) is 0 Å². The van der Waals surface area contributed by atoms with E-state index in [2.05, 4.69) is 15.0 Å². The van der Waals surface area contributed by atoms with Crippen LogP contribution in [0, 0.1) is 5.82 Å². The summed E-state index contributed by atoms with van der Waals surface area (Å²) in [4.78, 5) is 6.57.